The van der Waals surface area contributed by atoms with Crippen LogP contribution in [-0.2, 0) is 16.0 Å². The molecule has 0 spiro atoms. The Labute approximate surface area is 140 Å². The van der Waals surface area contributed by atoms with Gasteiger partial charge in [0.25, 0.3) is 0 Å². The van der Waals surface area contributed by atoms with Crippen molar-refractivity contribution < 1.29 is 19.1 Å². The van der Waals surface area contributed by atoms with Crippen molar-refractivity contribution in [2.45, 2.75) is 6.42 Å². The maximum atomic E-state index is 12.2. The summed E-state index contributed by atoms with van der Waals surface area (Å²) in [5, 5.41) is 2.84. The zero-order chi connectivity index (χ0) is 16.9. The van der Waals surface area contributed by atoms with Crippen molar-refractivity contribution >= 4 is 23.4 Å². The van der Waals surface area contributed by atoms with Crippen LogP contribution < -0.4 is 15.0 Å². The number of rotatable bonds is 5. The van der Waals surface area contributed by atoms with Gasteiger partial charge in [-0.25, -0.2) is 4.79 Å². The Morgan fingerprint density at radius 2 is 1.96 bits per heavy atom. The minimum Gasteiger partial charge on any atom is -0.496 e. The molecule has 1 fully saturated rings. The minimum atomic E-state index is -0.344. The van der Waals surface area contributed by atoms with E-state index in [-0.39, 0.29) is 18.4 Å². The van der Waals surface area contributed by atoms with Crippen LogP contribution in [0.5, 0.6) is 5.75 Å². The third kappa shape index (κ3) is 3.48. The van der Waals surface area contributed by atoms with Crippen LogP contribution >= 0.6 is 0 Å². The summed E-state index contributed by atoms with van der Waals surface area (Å²) in [6, 6.07) is 14.5. The second-order valence-electron chi connectivity index (χ2n) is 5.35. The second-order valence-corrected chi connectivity index (χ2v) is 5.35. The molecule has 124 valence electrons. The maximum absolute atomic E-state index is 12.2. The third-order valence-electron chi connectivity index (χ3n) is 3.77. The molecular formula is C18H18N2O4. The summed E-state index contributed by atoms with van der Waals surface area (Å²) in [6.45, 7) is 0.939. The maximum Gasteiger partial charge on any atom is 0.414 e. The van der Waals surface area contributed by atoms with E-state index >= 15 is 0 Å². The first-order chi connectivity index (χ1) is 11.7. The molecule has 2 aromatic rings. The average molecular weight is 326 g/mol. The highest BCUT2D eigenvalue weighted by Gasteiger charge is 2.23. The number of hydrogen-bond donors (Lipinski definition) is 1. The van der Waals surface area contributed by atoms with Gasteiger partial charge in [-0.1, -0.05) is 18.2 Å². The van der Waals surface area contributed by atoms with Gasteiger partial charge in [-0.15, -0.1) is 0 Å². The second kappa shape index (κ2) is 7.04. The van der Waals surface area contributed by atoms with Gasteiger partial charge in [-0.3, -0.25) is 9.69 Å². The Kier molecular flexibility index (Phi) is 4.65. The molecule has 0 radical (unpaired) electrons. The number of hydrogen-bond acceptors (Lipinski definition) is 4. The highest BCUT2D eigenvalue weighted by Crippen LogP contribution is 2.22. The largest absolute Gasteiger partial charge is 0.496 e. The van der Waals surface area contributed by atoms with E-state index in [1.54, 1.807) is 36.3 Å². The summed E-state index contributed by atoms with van der Waals surface area (Å²) in [7, 11) is 1.58. The highest BCUT2D eigenvalue weighted by molar-refractivity contribution is 5.93. The predicted octanol–water partition coefficient (Wildman–Crippen LogP) is 2.83. The molecular weight excluding hydrogens is 308 g/mol. The lowest BCUT2D eigenvalue weighted by molar-refractivity contribution is -0.115. The van der Waals surface area contributed by atoms with Gasteiger partial charge in [-0.2, -0.15) is 0 Å². The first kappa shape index (κ1) is 15.9. The van der Waals surface area contributed by atoms with E-state index in [9.17, 15) is 9.59 Å². The SMILES string of the molecule is COc1ccccc1CC(=O)Nc1ccc(N2CCOC2=O)cc1. The molecule has 0 aromatic heterocycles. The Morgan fingerprint density at radius 1 is 1.21 bits per heavy atom. The molecule has 2 amide bonds. The first-order valence-corrected chi connectivity index (χ1v) is 7.63. The number of carbonyl (C=O) groups excluding carboxylic acids is 2. The van der Waals surface area contributed by atoms with Gasteiger partial charge >= 0.3 is 6.09 Å². The molecule has 0 atom stereocenters. The van der Waals surface area contributed by atoms with Crippen molar-refractivity contribution in [3.05, 3.63) is 54.1 Å². The molecule has 1 aliphatic heterocycles. The van der Waals surface area contributed by atoms with Crippen LogP contribution in [-0.4, -0.2) is 32.3 Å². The van der Waals surface area contributed by atoms with Gasteiger partial charge < -0.3 is 14.8 Å². The summed E-state index contributed by atoms with van der Waals surface area (Å²) in [5.74, 6) is 0.559. The molecule has 0 bridgehead atoms. The highest BCUT2D eigenvalue weighted by atomic mass is 16.6. The molecule has 3 rings (SSSR count). The molecule has 1 heterocycles. The monoisotopic (exact) mass is 326 g/mol. The summed E-state index contributed by atoms with van der Waals surface area (Å²) in [5.41, 5.74) is 2.25. The van der Waals surface area contributed by atoms with Gasteiger partial charge in [0, 0.05) is 16.9 Å². The molecule has 1 N–H and O–H groups in total. The molecule has 1 aliphatic rings. The van der Waals surface area contributed by atoms with Gasteiger partial charge in [0.05, 0.1) is 20.1 Å². The molecule has 0 unspecified atom stereocenters. The lowest BCUT2D eigenvalue weighted by atomic mass is 10.1. The number of cyclic esters (lactones) is 1. The van der Waals surface area contributed by atoms with E-state index in [4.69, 9.17) is 9.47 Å². The number of nitrogens with one attached hydrogen (secondary N) is 1. The normalized spacial score (nSPS) is 13.5. The molecule has 1 saturated heterocycles. The predicted molar refractivity (Wildman–Crippen MR) is 90.5 cm³/mol. The number of nitrogens with zero attached hydrogens (tertiary/aromatic N) is 1. The van der Waals surface area contributed by atoms with Gasteiger partial charge in [0.1, 0.15) is 12.4 Å². The summed E-state index contributed by atoms with van der Waals surface area (Å²) < 4.78 is 10.2. The number of carbonyl (C=O) groups is 2. The van der Waals surface area contributed by atoms with Crippen LogP contribution in [0.1, 0.15) is 5.56 Å². The number of ether oxygens (including phenoxy) is 2. The lowest BCUT2D eigenvalue weighted by Gasteiger charge is -2.13. The van der Waals surface area contributed by atoms with Crippen LogP contribution in [0, 0.1) is 0 Å². The van der Waals surface area contributed by atoms with E-state index in [1.807, 2.05) is 24.3 Å². The van der Waals surface area contributed by atoms with Crippen molar-refractivity contribution in [2.24, 2.45) is 0 Å². The topological polar surface area (TPSA) is 67.9 Å². The van der Waals surface area contributed by atoms with E-state index in [0.29, 0.717) is 24.6 Å². The van der Waals surface area contributed by atoms with Crippen molar-refractivity contribution in [1.29, 1.82) is 0 Å². The minimum absolute atomic E-state index is 0.132. The zero-order valence-corrected chi connectivity index (χ0v) is 13.3. The van der Waals surface area contributed by atoms with Crippen molar-refractivity contribution in [3.63, 3.8) is 0 Å². The average Bonchev–Trinajstić information content (AvgIpc) is 3.02. The first-order valence-electron chi connectivity index (χ1n) is 7.63. The fraction of sp³-hybridized carbons (Fsp3) is 0.222. The standard InChI is InChI=1S/C18H18N2O4/c1-23-16-5-3-2-4-13(16)12-17(21)19-14-6-8-15(9-7-14)20-10-11-24-18(20)22/h2-9H,10-12H2,1H3,(H,19,21). The van der Waals surface area contributed by atoms with Crippen molar-refractivity contribution in [3.8, 4) is 5.75 Å². The fourth-order valence-corrected chi connectivity index (χ4v) is 2.58. The van der Waals surface area contributed by atoms with Crippen LogP contribution in [0.3, 0.4) is 0 Å². The quantitative estimate of drug-likeness (QED) is 0.917. The van der Waals surface area contributed by atoms with Gasteiger partial charge in [-0.05, 0) is 30.3 Å². The molecule has 0 aliphatic carbocycles. The third-order valence-corrected chi connectivity index (χ3v) is 3.77. The number of para-hydroxylation sites is 1. The Hall–Kier alpha value is -3.02. The Morgan fingerprint density at radius 3 is 2.62 bits per heavy atom. The molecule has 6 heteroatoms. The smallest absolute Gasteiger partial charge is 0.414 e. The van der Waals surface area contributed by atoms with Gasteiger partial charge in [0.15, 0.2) is 0 Å². The van der Waals surface area contributed by atoms with Crippen LogP contribution in [0.15, 0.2) is 48.5 Å². The number of benzene rings is 2. The van der Waals surface area contributed by atoms with E-state index in [2.05, 4.69) is 5.32 Å². The summed E-state index contributed by atoms with van der Waals surface area (Å²) in [6.07, 6.45) is -0.118. The summed E-state index contributed by atoms with van der Waals surface area (Å²) >= 11 is 0. The number of amides is 2. The lowest BCUT2D eigenvalue weighted by Crippen LogP contribution is -2.23. The van der Waals surface area contributed by atoms with Crippen molar-refractivity contribution in [1.82, 2.24) is 0 Å². The van der Waals surface area contributed by atoms with Gasteiger partial charge in [0.2, 0.25) is 5.91 Å². The molecule has 0 saturated carbocycles. The van der Waals surface area contributed by atoms with Crippen LogP contribution in [0.25, 0.3) is 0 Å². The van der Waals surface area contributed by atoms with Crippen molar-refractivity contribution in [2.75, 3.05) is 30.5 Å². The zero-order valence-electron chi connectivity index (χ0n) is 13.3. The molecule has 2 aromatic carbocycles. The number of anilines is 2. The van der Waals surface area contributed by atoms with E-state index in [1.165, 1.54) is 0 Å². The van der Waals surface area contributed by atoms with E-state index in [0.717, 1.165) is 11.3 Å². The molecule has 6 nitrogen and oxygen atoms in total. The van der Waals surface area contributed by atoms with Crippen LogP contribution in [0.2, 0.25) is 0 Å². The van der Waals surface area contributed by atoms with Crippen LogP contribution in [0.4, 0.5) is 16.2 Å². The summed E-state index contributed by atoms with van der Waals surface area (Å²) in [4.78, 5) is 25.3. The Bertz CT molecular complexity index is 743. The van der Waals surface area contributed by atoms with E-state index < -0.39 is 0 Å². The fourth-order valence-electron chi connectivity index (χ4n) is 2.58. The molecule has 24 heavy (non-hydrogen) atoms. The Balaban J connectivity index is 1.63. The number of methoxy groups -OCH3 is 1.